The highest BCUT2D eigenvalue weighted by Crippen LogP contribution is 2.49. The molecule has 2 aromatic rings. The van der Waals surface area contributed by atoms with Crippen LogP contribution in [0, 0.1) is 5.41 Å². The van der Waals surface area contributed by atoms with Crippen molar-refractivity contribution in [3.05, 3.63) is 71.8 Å². The standard InChI is InChI=1S/C19H19NO3/c1-19(2)16(14-9-5-3-6-10-14)20(18(19)22)13-23-17(21)15-11-7-4-8-12-15/h3-12,16H,13H2,1-2H3/t16-/m1/s1. The molecular formula is C19H19NO3. The van der Waals surface area contributed by atoms with Crippen molar-refractivity contribution >= 4 is 11.9 Å². The van der Waals surface area contributed by atoms with Gasteiger partial charge in [-0.1, -0.05) is 48.5 Å². The van der Waals surface area contributed by atoms with E-state index in [1.807, 2.05) is 50.2 Å². The van der Waals surface area contributed by atoms with E-state index in [0.717, 1.165) is 5.56 Å². The van der Waals surface area contributed by atoms with Gasteiger partial charge in [0.15, 0.2) is 6.73 Å². The van der Waals surface area contributed by atoms with Crippen molar-refractivity contribution in [2.75, 3.05) is 6.73 Å². The average molecular weight is 309 g/mol. The molecule has 1 heterocycles. The fourth-order valence-corrected chi connectivity index (χ4v) is 3.08. The first-order chi connectivity index (χ1) is 11.0. The molecule has 0 bridgehead atoms. The molecular weight excluding hydrogens is 290 g/mol. The minimum absolute atomic E-state index is 0.00721. The Morgan fingerprint density at radius 1 is 1.04 bits per heavy atom. The Morgan fingerprint density at radius 2 is 1.61 bits per heavy atom. The number of rotatable bonds is 4. The zero-order valence-corrected chi connectivity index (χ0v) is 13.2. The van der Waals surface area contributed by atoms with E-state index in [0.29, 0.717) is 5.56 Å². The molecule has 1 amide bonds. The molecule has 1 atom stereocenters. The number of hydrogen-bond acceptors (Lipinski definition) is 3. The highest BCUT2D eigenvalue weighted by atomic mass is 16.5. The van der Waals surface area contributed by atoms with E-state index >= 15 is 0 Å². The summed E-state index contributed by atoms with van der Waals surface area (Å²) in [5, 5.41) is 0. The number of amides is 1. The van der Waals surface area contributed by atoms with E-state index < -0.39 is 11.4 Å². The Bertz CT molecular complexity index is 710. The first kappa shape index (κ1) is 15.3. The summed E-state index contributed by atoms with van der Waals surface area (Å²) >= 11 is 0. The highest BCUT2D eigenvalue weighted by Gasteiger charge is 2.55. The van der Waals surface area contributed by atoms with Crippen molar-refractivity contribution in [1.29, 1.82) is 0 Å². The zero-order valence-electron chi connectivity index (χ0n) is 13.2. The van der Waals surface area contributed by atoms with Gasteiger partial charge in [-0.15, -0.1) is 0 Å². The van der Waals surface area contributed by atoms with Gasteiger partial charge in [-0.05, 0) is 31.5 Å². The molecule has 118 valence electrons. The maximum absolute atomic E-state index is 12.4. The van der Waals surface area contributed by atoms with Crippen LogP contribution in [0.4, 0.5) is 0 Å². The molecule has 0 radical (unpaired) electrons. The molecule has 0 spiro atoms. The number of likely N-dealkylation sites (tertiary alicyclic amines) is 1. The van der Waals surface area contributed by atoms with Gasteiger partial charge in [-0.25, -0.2) is 4.79 Å². The van der Waals surface area contributed by atoms with Crippen LogP contribution in [-0.4, -0.2) is 23.5 Å². The third kappa shape index (κ3) is 2.72. The molecule has 0 aromatic heterocycles. The number of ether oxygens (including phenoxy) is 1. The van der Waals surface area contributed by atoms with Crippen molar-refractivity contribution in [2.45, 2.75) is 19.9 Å². The SMILES string of the molecule is CC1(C)C(=O)N(COC(=O)c2ccccc2)[C@@H]1c1ccccc1. The largest absolute Gasteiger partial charge is 0.441 e. The summed E-state index contributed by atoms with van der Waals surface area (Å²) in [5.41, 5.74) is 1.05. The number of benzene rings is 2. The number of carbonyl (C=O) groups is 2. The molecule has 23 heavy (non-hydrogen) atoms. The maximum Gasteiger partial charge on any atom is 0.339 e. The molecule has 0 unspecified atom stereocenters. The van der Waals surface area contributed by atoms with Crippen LogP contribution >= 0.6 is 0 Å². The fraction of sp³-hybridized carbons (Fsp3) is 0.263. The lowest BCUT2D eigenvalue weighted by molar-refractivity contribution is -0.177. The van der Waals surface area contributed by atoms with Crippen LogP contribution in [0.25, 0.3) is 0 Å². The third-order valence-electron chi connectivity index (χ3n) is 4.27. The van der Waals surface area contributed by atoms with Gasteiger partial charge < -0.3 is 9.64 Å². The van der Waals surface area contributed by atoms with Gasteiger partial charge in [0, 0.05) is 0 Å². The summed E-state index contributed by atoms with van der Waals surface area (Å²) in [7, 11) is 0. The second kappa shape index (κ2) is 5.88. The Balaban J connectivity index is 1.72. The summed E-state index contributed by atoms with van der Waals surface area (Å²) in [6.07, 6.45) is 0. The summed E-state index contributed by atoms with van der Waals surface area (Å²) in [6, 6.07) is 18.5. The number of β-lactam (4-membered cyclic amide) rings is 1. The molecule has 4 heteroatoms. The monoisotopic (exact) mass is 309 g/mol. The normalized spacial score (nSPS) is 19.1. The van der Waals surface area contributed by atoms with Crippen molar-refractivity contribution in [3.63, 3.8) is 0 Å². The summed E-state index contributed by atoms with van der Waals surface area (Å²) in [5.74, 6) is -0.429. The summed E-state index contributed by atoms with van der Waals surface area (Å²) < 4.78 is 5.31. The number of carbonyl (C=O) groups excluding carboxylic acids is 2. The molecule has 1 fully saturated rings. The van der Waals surface area contributed by atoms with Crippen LogP contribution in [0.2, 0.25) is 0 Å². The second-order valence-corrected chi connectivity index (χ2v) is 6.24. The van der Waals surface area contributed by atoms with Gasteiger partial charge in [0.2, 0.25) is 5.91 Å². The van der Waals surface area contributed by atoms with E-state index in [1.165, 1.54) is 0 Å². The third-order valence-corrected chi connectivity index (χ3v) is 4.27. The predicted molar refractivity (Wildman–Crippen MR) is 86.5 cm³/mol. The molecule has 0 aliphatic carbocycles. The van der Waals surface area contributed by atoms with Crippen LogP contribution in [0.5, 0.6) is 0 Å². The number of hydrogen-bond donors (Lipinski definition) is 0. The molecule has 0 N–H and O–H groups in total. The lowest BCUT2D eigenvalue weighted by Gasteiger charge is -2.52. The van der Waals surface area contributed by atoms with E-state index in [2.05, 4.69) is 0 Å². The minimum Gasteiger partial charge on any atom is -0.441 e. The average Bonchev–Trinajstić information content (AvgIpc) is 2.59. The molecule has 1 aliphatic rings. The molecule has 1 saturated heterocycles. The van der Waals surface area contributed by atoms with Crippen molar-refractivity contribution < 1.29 is 14.3 Å². The number of nitrogens with zero attached hydrogens (tertiary/aromatic N) is 1. The van der Waals surface area contributed by atoms with E-state index in [9.17, 15) is 9.59 Å². The van der Waals surface area contributed by atoms with E-state index in [1.54, 1.807) is 29.2 Å². The Hall–Kier alpha value is -2.62. The molecule has 1 aliphatic heterocycles. The van der Waals surface area contributed by atoms with Crippen LogP contribution in [0.15, 0.2) is 60.7 Å². The molecule has 4 nitrogen and oxygen atoms in total. The van der Waals surface area contributed by atoms with Crippen LogP contribution in [0.1, 0.15) is 35.8 Å². The van der Waals surface area contributed by atoms with Crippen molar-refractivity contribution in [3.8, 4) is 0 Å². The fourth-order valence-electron chi connectivity index (χ4n) is 3.08. The van der Waals surface area contributed by atoms with Crippen LogP contribution in [-0.2, 0) is 9.53 Å². The van der Waals surface area contributed by atoms with Crippen molar-refractivity contribution in [2.24, 2.45) is 5.41 Å². The zero-order chi connectivity index (χ0) is 16.4. The van der Waals surface area contributed by atoms with Gasteiger partial charge in [-0.3, -0.25) is 4.79 Å². The van der Waals surface area contributed by atoms with Crippen LogP contribution < -0.4 is 0 Å². The Morgan fingerprint density at radius 3 is 2.22 bits per heavy atom. The number of esters is 1. The van der Waals surface area contributed by atoms with Gasteiger partial charge in [0.25, 0.3) is 0 Å². The minimum atomic E-state index is -0.486. The molecule has 0 saturated carbocycles. The lowest BCUT2D eigenvalue weighted by atomic mass is 9.71. The highest BCUT2D eigenvalue weighted by molar-refractivity contribution is 5.91. The van der Waals surface area contributed by atoms with E-state index in [-0.39, 0.29) is 18.7 Å². The van der Waals surface area contributed by atoms with Crippen LogP contribution in [0.3, 0.4) is 0 Å². The van der Waals surface area contributed by atoms with Gasteiger partial charge in [0.05, 0.1) is 17.0 Å². The summed E-state index contributed by atoms with van der Waals surface area (Å²) in [4.78, 5) is 26.0. The summed E-state index contributed by atoms with van der Waals surface area (Å²) in [6.45, 7) is 3.81. The van der Waals surface area contributed by atoms with Gasteiger partial charge in [-0.2, -0.15) is 0 Å². The van der Waals surface area contributed by atoms with Crippen molar-refractivity contribution in [1.82, 2.24) is 4.90 Å². The van der Waals surface area contributed by atoms with Gasteiger partial charge >= 0.3 is 5.97 Å². The molecule has 2 aromatic carbocycles. The topological polar surface area (TPSA) is 46.6 Å². The molecule has 3 rings (SSSR count). The Labute approximate surface area is 135 Å². The smallest absolute Gasteiger partial charge is 0.339 e. The lowest BCUT2D eigenvalue weighted by Crippen LogP contribution is -2.61. The quantitative estimate of drug-likeness (QED) is 0.642. The second-order valence-electron chi connectivity index (χ2n) is 6.24. The maximum atomic E-state index is 12.4. The predicted octanol–water partition coefficient (Wildman–Crippen LogP) is 3.41. The van der Waals surface area contributed by atoms with E-state index in [4.69, 9.17) is 4.74 Å². The first-order valence-corrected chi connectivity index (χ1v) is 7.60. The van der Waals surface area contributed by atoms with Gasteiger partial charge in [0.1, 0.15) is 0 Å². The first-order valence-electron chi connectivity index (χ1n) is 7.60. The Kier molecular flexibility index (Phi) is 3.90.